The lowest BCUT2D eigenvalue weighted by Gasteiger charge is -2.40. The minimum Gasteiger partial charge on any atom is -0.381 e. The van der Waals surface area contributed by atoms with Gasteiger partial charge in [0, 0.05) is 17.3 Å². The normalized spacial score (nSPS) is 26.8. The molecular formula is C20H16F6N2O. The molecule has 154 valence electrons. The number of allylic oxidation sites excluding steroid dienone is 4. The number of amides is 1. The van der Waals surface area contributed by atoms with Gasteiger partial charge in [0.1, 0.15) is 5.92 Å². The quantitative estimate of drug-likeness (QED) is 0.702. The van der Waals surface area contributed by atoms with E-state index in [0.717, 1.165) is 0 Å². The molecular weight excluding hydrogens is 398 g/mol. The van der Waals surface area contributed by atoms with E-state index in [-0.39, 0.29) is 23.4 Å². The van der Waals surface area contributed by atoms with Crippen molar-refractivity contribution < 1.29 is 31.1 Å². The van der Waals surface area contributed by atoms with Gasteiger partial charge in [-0.3, -0.25) is 4.79 Å². The number of benzene rings is 1. The van der Waals surface area contributed by atoms with E-state index in [0.29, 0.717) is 11.1 Å². The molecule has 0 bridgehead atoms. The van der Waals surface area contributed by atoms with Gasteiger partial charge in [-0.1, -0.05) is 42.5 Å². The van der Waals surface area contributed by atoms with Crippen LogP contribution in [0.1, 0.15) is 24.3 Å². The van der Waals surface area contributed by atoms with Crippen LogP contribution in [-0.4, -0.2) is 24.3 Å². The summed E-state index contributed by atoms with van der Waals surface area (Å²) in [5, 5.41) is 5.03. The molecule has 1 aromatic carbocycles. The van der Waals surface area contributed by atoms with Crippen molar-refractivity contribution in [3.63, 3.8) is 0 Å². The molecule has 3 aliphatic rings. The molecule has 3 nitrogen and oxygen atoms in total. The van der Waals surface area contributed by atoms with Gasteiger partial charge in [0.05, 0.1) is 18.9 Å². The number of hydrogen-bond acceptors (Lipinski definition) is 2. The fourth-order valence-corrected chi connectivity index (χ4v) is 4.25. The van der Waals surface area contributed by atoms with Gasteiger partial charge in [-0.15, -0.1) is 0 Å². The molecule has 3 unspecified atom stereocenters. The summed E-state index contributed by atoms with van der Waals surface area (Å²) in [6.07, 6.45) is -7.94. The lowest BCUT2D eigenvalue weighted by Crippen LogP contribution is -2.44. The van der Waals surface area contributed by atoms with Crippen molar-refractivity contribution in [2.75, 3.05) is 0 Å². The van der Waals surface area contributed by atoms with E-state index < -0.39 is 42.6 Å². The molecule has 2 aliphatic heterocycles. The van der Waals surface area contributed by atoms with Crippen LogP contribution in [0, 0.1) is 5.92 Å². The zero-order chi connectivity index (χ0) is 21.0. The smallest absolute Gasteiger partial charge is 0.381 e. The summed E-state index contributed by atoms with van der Waals surface area (Å²) < 4.78 is 81.1. The third-order valence-corrected chi connectivity index (χ3v) is 5.31. The van der Waals surface area contributed by atoms with Gasteiger partial charge in [-0.2, -0.15) is 26.3 Å². The van der Waals surface area contributed by atoms with Crippen LogP contribution in [0.3, 0.4) is 0 Å². The lowest BCUT2D eigenvalue weighted by molar-refractivity contribution is -0.170. The zero-order valence-electron chi connectivity index (χ0n) is 14.9. The van der Waals surface area contributed by atoms with E-state index in [4.69, 9.17) is 0 Å². The molecule has 0 spiro atoms. The maximum atomic E-state index is 14.1. The van der Waals surface area contributed by atoms with Crippen LogP contribution in [-0.2, 0) is 4.79 Å². The molecule has 29 heavy (non-hydrogen) atoms. The Morgan fingerprint density at radius 2 is 1.69 bits per heavy atom. The predicted octanol–water partition coefficient (Wildman–Crippen LogP) is 4.47. The second kappa shape index (κ2) is 6.67. The average Bonchev–Trinajstić information content (AvgIpc) is 2.99. The second-order valence-electron chi connectivity index (χ2n) is 7.28. The van der Waals surface area contributed by atoms with Crippen molar-refractivity contribution >= 4 is 5.91 Å². The monoisotopic (exact) mass is 414 g/mol. The van der Waals surface area contributed by atoms with Crippen LogP contribution < -0.4 is 10.6 Å². The first-order valence-corrected chi connectivity index (χ1v) is 8.95. The van der Waals surface area contributed by atoms with Gasteiger partial charge in [0.25, 0.3) is 0 Å². The van der Waals surface area contributed by atoms with Crippen molar-refractivity contribution in [1.29, 1.82) is 0 Å². The van der Waals surface area contributed by atoms with Gasteiger partial charge in [0.2, 0.25) is 5.91 Å². The van der Waals surface area contributed by atoms with Crippen LogP contribution in [0.25, 0.3) is 0 Å². The molecule has 9 heteroatoms. The Morgan fingerprint density at radius 3 is 2.31 bits per heavy atom. The highest BCUT2D eigenvalue weighted by atomic mass is 19.4. The number of carbonyl (C=O) groups excluding carboxylic acids is 1. The number of nitrogens with one attached hydrogen (secondary N) is 2. The molecule has 2 N–H and O–H groups in total. The highest BCUT2D eigenvalue weighted by molar-refractivity contribution is 5.87. The number of hydrogen-bond donors (Lipinski definition) is 2. The van der Waals surface area contributed by atoms with Crippen LogP contribution in [0.4, 0.5) is 26.3 Å². The topological polar surface area (TPSA) is 41.1 Å². The summed E-state index contributed by atoms with van der Waals surface area (Å²) in [7, 11) is 0. The van der Waals surface area contributed by atoms with Crippen molar-refractivity contribution in [3.05, 3.63) is 70.6 Å². The first-order valence-electron chi connectivity index (χ1n) is 8.95. The number of carbonyl (C=O) groups is 1. The van der Waals surface area contributed by atoms with E-state index in [9.17, 15) is 31.1 Å². The third-order valence-electron chi connectivity index (χ3n) is 5.31. The number of alkyl halides is 6. The lowest BCUT2D eigenvalue weighted by atomic mass is 9.72. The Bertz CT molecular complexity index is 927. The standard InChI is InChI=1S/C20H16F6N2O/c21-19(22,23)9-11-6-7-12-13-8-14(29)28-18(13)16(20(24,25)26)15(17(12)27-11)10-4-2-1-3-5-10/h1-7,11,15-16,27H,8-9H2,(H,28,29). The van der Waals surface area contributed by atoms with Crippen molar-refractivity contribution in [1.82, 2.24) is 10.6 Å². The number of dihydropyridines is 1. The molecule has 0 fully saturated rings. The van der Waals surface area contributed by atoms with Crippen LogP contribution in [0.5, 0.6) is 0 Å². The maximum absolute atomic E-state index is 14.1. The van der Waals surface area contributed by atoms with Gasteiger partial charge >= 0.3 is 12.4 Å². The highest BCUT2D eigenvalue weighted by Crippen LogP contribution is 2.53. The summed E-state index contributed by atoms with van der Waals surface area (Å²) in [6.45, 7) is 0. The molecule has 0 saturated heterocycles. The fourth-order valence-electron chi connectivity index (χ4n) is 4.25. The fraction of sp³-hybridized carbons (Fsp3) is 0.350. The zero-order valence-corrected chi connectivity index (χ0v) is 14.9. The SMILES string of the molecule is O=C1CC2=C(N1)C(C(F)(F)F)C(c1ccccc1)C1=C2C=CC(CC(F)(F)F)N1. The molecule has 0 radical (unpaired) electrons. The summed E-state index contributed by atoms with van der Waals surface area (Å²) in [5.74, 6) is -3.91. The molecule has 4 rings (SSSR count). The van der Waals surface area contributed by atoms with Crippen LogP contribution in [0.2, 0.25) is 0 Å². The van der Waals surface area contributed by atoms with Crippen LogP contribution in [0.15, 0.2) is 65.0 Å². The van der Waals surface area contributed by atoms with Gasteiger partial charge in [0.15, 0.2) is 0 Å². The number of halogens is 6. The Morgan fingerprint density at radius 1 is 1.00 bits per heavy atom. The molecule has 1 amide bonds. The van der Waals surface area contributed by atoms with E-state index in [1.54, 1.807) is 18.2 Å². The molecule has 2 heterocycles. The molecule has 1 aliphatic carbocycles. The third kappa shape index (κ3) is 3.65. The van der Waals surface area contributed by atoms with Crippen molar-refractivity contribution in [2.45, 2.75) is 37.2 Å². The summed E-state index contributed by atoms with van der Waals surface area (Å²) in [4.78, 5) is 11.9. The van der Waals surface area contributed by atoms with Gasteiger partial charge in [-0.05, 0) is 16.7 Å². The summed E-state index contributed by atoms with van der Waals surface area (Å²) in [6, 6.07) is 6.64. The van der Waals surface area contributed by atoms with Crippen LogP contribution >= 0.6 is 0 Å². The minimum absolute atomic E-state index is 0.0746. The van der Waals surface area contributed by atoms with Gasteiger partial charge < -0.3 is 10.6 Å². The largest absolute Gasteiger partial charge is 0.398 e. The van der Waals surface area contributed by atoms with Crippen molar-refractivity contribution in [3.8, 4) is 0 Å². The molecule has 1 aromatic rings. The van der Waals surface area contributed by atoms with E-state index in [2.05, 4.69) is 10.6 Å². The molecule has 0 saturated carbocycles. The minimum atomic E-state index is -4.71. The first-order chi connectivity index (χ1) is 13.5. The average molecular weight is 414 g/mol. The maximum Gasteiger partial charge on any atom is 0.398 e. The number of fused-ring (bicyclic) bond motifs is 1. The Balaban J connectivity index is 1.86. The second-order valence-corrected chi connectivity index (χ2v) is 7.28. The van der Waals surface area contributed by atoms with E-state index in [1.807, 2.05) is 0 Å². The van der Waals surface area contributed by atoms with Gasteiger partial charge in [-0.25, -0.2) is 0 Å². The Kier molecular flexibility index (Phi) is 4.51. The summed E-state index contributed by atoms with van der Waals surface area (Å²) in [5.41, 5.74) is 0.713. The first kappa shape index (κ1) is 19.6. The Hall–Kier alpha value is -2.71. The Labute approximate surface area is 162 Å². The highest BCUT2D eigenvalue weighted by Gasteiger charge is 2.54. The number of rotatable bonds is 2. The van der Waals surface area contributed by atoms with E-state index in [1.165, 1.54) is 24.3 Å². The predicted molar refractivity (Wildman–Crippen MR) is 92.3 cm³/mol. The van der Waals surface area contributed by atoms with Crippen molar-refractivity contribution in [2.24, 2.45) is 5.92 Å². The summed E-state index contributed by atoms with van der Waals surface area (Å²) >= 11 is 0. The molecule has 3 atom stereocenters. The van der Waals surface area contributed by atoms with E-state index >= 15 is 0 Å². The molecule has 0 aromatic heterocycles.